The van der Waals surface area contributed by atoms with Crippen molar-refractivity contribution in [2.24, 2.45) is 5.92 Å². The molecule has 0 aliphatic carbocycles. The van der Waals surface area contributed by atoms with Gasteiger partial charge in [0.2, 0.25) is 0 Å². The molecule has 0 saturated carbocycles. The van der Waals surface area contributed by atoms with E-state index in [0.29, 0.717) is 17.8 Å². The third-order valence-corrected chi connectivity index (χ3v) is 3.55. The molecule has 0 aliphatic rings. The molecule has 1 heterocycles. The van der Waals surface area contributed by atoms with E-state index in [2.05, 4.69) is 15.2 Å². The predicted octanol–water partition coefficient (Wildman–Crippen LogP) is 0.887. The van der Waals surface area contributed by atoms with E-state index in [1.807, 2.05) is 13.8 Å². The number of aromatic nitrogens is 4. The van der Waals surface area contributed by atoms with Crippen molar-refractivity contribution in [1.82, 2.24) is 19.8 Å². The smallest absolute Gasteiger partial charge is 0.368 e. The van der Waals surface area contributed by atoms with Crippen LogP contribution in [0.5, 0.6) is 0 Å². The van der Waals surface area contributed by atoms with E-state index < -0.39 is 11.7 Å². The zero-order chi connectivity index (χ0) is 17.0. The first-order chi connectivity index (χ1) is 11.0. The summed E-state index contributed by atoms with van der Waals surface area (Å²) in [4.78, 5) is 24.0. The van der Waals surface area contributed by atoms with Crippen LogP contribution in [0.4, 0.5) is 0 Å². The van der Waals surface area contributed by atoms with Crippen molar-refractivity contribution in [3.8, 4) is 5.69 Å². The number of carbonyl (C=O) groups excluding carboxylic acids is 1. The summed E-state index contributed by atoms with van der Waals surface area (Å²) in [6.45, 7) is 4.32. The van der Waals surface area contributed by atoms with Crippen LogP contribution in [0.3, 0.4) is 0 Å². The molecule has 0 spiro atoms. The molecule has 1 unspecified atom stereocenters. The van der Waals surface area contributed by atoms with E-state index in [1.165, 1.54) is 17.9 Å². The first-order valence-electron chi connectivity index (χ1n) is 7.22. The second-order valence-electron chi connectivity index (χ2n) is 5.42. The topological polar surface area (TPSA) is 88.2 Å². The number of benzene rings is 1. The minimum absolute atomic E-state index is 0.140. The lowest BCUT2D eigenvalue weighted by atomic mass is 10.1. The Hall–Kier alpha value is -2.48. The van der Waals surface area contributed by atoms with Crippen molar-refractivity contribution in [3.63, 3.8) is 0 Å². The van der Waals surface area contributed by atoms with Crippen molar-refractivity contribution in [1.29, 1.82) is 0 Å². The lowest BCUT2D eigenvalue weighted by Gasteiger charge is -2.17. The Morgan fingerprint density at radius 3 is 2.61 bits per heavy atom. The SMILES string of the molecule is COC(=O)c1cccc(-n2nnn(CC(OC)C(C)C)c2=O)c1. The highest BCUT2D eigenvalue weighted by Crippen LogP contribution is 2.10. The Kier molecular flexibility index (Phi) is 5.28. The van der Waals surface area contributed by atoms with Gasteiger partial charge < -0.3 is 9.47 Å². The zero-order valence-electron chi connectivity index (χ0n) is 13.6. The summed E-state index contributed by atoms with van der Waals surface area (Å²) in [7, 11) is 2.90. The molecule has 0 amide bonds. The van der Waals surface area contributed by atoms with Crippen LogP contribution in [0, 0.1) is 5.92 Å². The maximum atomic E-state index is 12.4. The number of hydrogen-bond donors (Lipinski definition) is 0. The molecule has 1 atom stereocenters. The van der Waals surface area contributed by atoms with Gasteiger partial charge in [-0.1, -0.05) is 19.9 Å². The fourth-order valence-corrected chi connectivity index (χ4v) is 2.16. The van der Waals surface area contributed by atoms with Gasteiger partial charge in [-0.2, -0.15) is 9.36 Å². The summed E-state index contributed by atoms with van der Waals surface area (Å²) in [5, 5.41) is 7.75. The molecule has 0 N–H and O–H groups in total. The zero-order valence-corrected chi connectivity index (χ0v) is 13.6. The van der Waals surface area contributed by atoms with E-state index in [4.69, 9.17) is 4.74 Å². The van der Waals surface area contributed by atoms with E-state index >= 15 is 0 Å². The lowest BCUT2D eigenvalue weighted by molar-refractivity contribution is 0.0470. The first-order valence-corrected chi connectivity index (χ1v) is 7.22. The molecule has 0 radical (unpaired) electrons. The maximum Gasteiger partial charge on any atom is 0.368 e. The average Bonchev–Trinajstić information content (AvgIpc) is 2.92. The second kappa shape index (κ2) is 7.19. The molecule has 1 aromatic carbocycles. The highest BCUT2D eigenvalue weighted by Gasteiger charge is 2.18. The van der Waals surface area contributed by atoms with Gasteiger partial charge in [0.25, 0.3) is 0 Å². The Morgan fingerprint density at radius 2 is 2.00 bits per heavy atom. The number of rotatable bonds is 6. The summed E-state index contributed by atoms with van der Waals surface area (Å²) in [6.07, 6.45) is -0.140. The summed E-state index contributed by atoms with van der Waals surface area (Å²) in [5.41, 5.74) is 0.390. The highest BCUT2D eigenvalue weighted by atomic mass is 16.5. The summed E-state index contributed by atoms with van der Waals surface area (Å²) >= 11 is 0. The normalized spacial score (nSPS) is 12.4. The van der Waals surface area contributed by atoms with Crippen LogP contribution in [0.25, 0.3) is 5.69 Å². The predicted molar refractivity (Wildman–Crippen MR) is 82.6 cm³/mol. The number of tetrazole rings is 1. The van der Waals surface area contributed by atoms with Crippen LogP contribution < -0.4 is 5.69 Å². The molecule has 2 aromatic rings. The Labute approximate surface area is 133 Å². The molecule has 0 bridgehead atoms. The molecule has 8 nitrogen and oxygen atoms in total. The second-order valence-corrected chi connectivity index (χ2v) is 5.42. The fraction of sp³-hybridized carbons (Fsp3) is 0.467. The molecule has 8 heteroatoms. The maximum absolute atomic E-state index is 12.4. The van der Waals surface area contributed by atoms with Crippen molar-refractivity contribution in [2.45, 2.75) is 26.5 Å². The molecule has 1 aromatic heterocycles. The standard InChI is InChI=1S/C15H20N4O4/c1-10(2)13(22-3)9-18-15(21)19(17-16-18)12-7-5-6-11(8-12)14(20)23-4/h5-8,10,13H,9H2,1-4H3. The van der Waals surface area contributed by atoms with Gasteiger partial charge in [-0.15, -0.1) is 0 Å². The molecular formula is C15H20N4O4. The van der Waals surface area contributed by atoms with Crippen LogP contribution in [0.2, 0.25) is 0 Å². The monoisotopic (exact) mass is 320 g/mol. The van der Waals surface area contributed by atoms with Crippen LogP contribution >= 0.6 is 0 Å². The van der Waals surface area contributed by atoms with Gasteiger partial charge in [0.1, 0.15) is 0 Å². The Bertz CT molecular complexity index is 735. The Morgan fingerprint density at radius 1 is 1.26 bits per heavy atom. The van der Waals surface area contributed by atoms with Gasteiger partial charge in [0.05, 0.1) is 31.0 Å². The van der Waals surface area contributed by atoms with E-state index in [-0.39, 0.29) is 12.0 Å². The molecule has 0 aliphatic heterocycles. The minimum atomic E-state index is -0.480. The average molecular weight is 320 g/mol. The summed E-state index contributed by atoms with van der Waals surface area (Å²) in [5.74, 6) is -0.244. The van der Waals surface area contributed by atoms with Crippen molar-refractivity contribution in [3.05, 3.63) is 40.3 Å². The van der Waals surface area contributed by atoms with Gasteiger partial charge >= 0.3 is 11.7 Å². The molecule has 2 rings (SSSR count). The first kappa shape index (κ1) is 16.9. The number of esters is 1. The Balaban J connectivity index is 2.32. The largest absolute Gasteiger partial charge is 0.465 e. The van der Waals surface area contributed by atoms with Crippen molar-refractivity contribution in [2.75, 3.05) is 14.2 Å². The number of ether oxygens (including phenoxy) is 2. The lowest BCUT2D eigenvalue weighted by Crippen LogP contribution is -2.32. The number of hydrogen-bond acceptors (Lipinski definition) is 6. The van der Waals surface area contributed by atoms with Crippen molar-refractivity contribution >= 4 is 5.97 Å². The third kappa shape index (κ3) is 3.65. The molecular weight excluding hydrogens is 300 g/mol. The van der Waals surface area contributed by atoms with Gasteiger partial charge in [0.15, 0.2) is 0 Å². The fourth-order valence-electron chi connectivity index (χ4n) is 2.16. The quantitative estimate of drug-likeness (QED) is 0.734. The molecule has 0 saturated heterocycles. The minimum Gasteiger partial charge on any atom is -0.465 e. The van der Waals surface area contributed by atoms with Gasteiger partial charge in [0, 0.05) is 7.11 Å². The third-order valence-electron chi connectivity index (χ3n) is 3.55. The molecule has 124 valence electrons. The summed E-state index contributed by atoms with van der Waals surface area (Å²) < 4.78 is 12.4. The van der Waals surface area contributed by atoms with E-state index in [1.54, 1.807) is 25.3 Å². The molecule has 0 fully saturated rings. The number of nitrogens with zero attached hydrogens (tertiary/aromatic N) is 4. The van der Waals surface area contributed by atoms with Crippen molar-refractivity contribution < 1.29 is 14.3 Å². The van der Waals surface area contributed by atoms with Crippen LogP contribution in [0.1, 0.15) is 24.2 Å². The van der Waals surface area contributed by atoms with Crippen LogP contribution in [0.15, 0.2) is 29.1 Å². The van der Waals surface area contributed by atoms with Gasteiger partial charge in [-0.3, -0.25) is 0 Å². The number of carbonyl (C=O) groups is 1. The van der Waals surface area contributed by atoms with Crippen LogP contribution in [-0.2, 0) is 16.0 Å². The summed E-state index contributed by atoms with van der Waals surface area (Å²) in [6, 6.07) is 6.45. The van der Waals surface area contributed by atoms with E-state index in [9.17, 15) is 9.59 Å². The van der Waals surface area contributed by atoms with Crippen LogP contribution in [-0.4, -0.2) is 46.1 Å². The van der Waals surface area contributed by atoms with Gasteiger partial charge in [-0.05, 0) is 34.5 Å². The highest BCUT2D eigenvalue weighted by molar-refractivity contribution is 5.89. The number of methoxy groups -OCH3 is 2. The molecule has 23 heavy (non-hydrogen) atoms. The van der Waals surface area contributed by atoms with Gasteiger partial charge in [-0.25, -0.2) is 9.59 Å². The van der Waals surface area contributed by atoms with E-state index in [0.717, 1.165) is 4.68 Å².